The Balaban J connectivity index is 1.92. The summed E-state index contributed by atoms with van der Waals surface area (Å²) in [6.45, 7) is 4.35. The van der Waals surface area contributed by atoms with Crippen molar-refractivity contribution in [1.29, 1.82) is 0 Å². The molecule has 3 unspecified atom stereocenters. The van der Waals surface area contributed by atoms with E-state index in [4.69, 9.17) is 4.74 Å². The van der Waals surface area contributed by atoms with Crippen molar-refractivity contribution in [2.75, 3.05) is 14.2 Å². The van der Waals surface area contributed by atoms with Crippen molar-refractivity contribution in [2.24, 2.45) is 17.8 Å². The van der Waals surface area contributed by atoms with Gasteiger partial charge in [-0.25, -0.2) is 0 Å². The molecule has 0 radical (unpaired) electrons. The van der Waals surface area contributed by atoms with Crippen molar-refractivity contribution in [2.45, 2.75) is 45.2 Å². The van der Waals surface area contributed by atoms with E-state index >= 15 is 0 Å². The van der Waals surface area contributed by atoms with Crippen LogP contribution in [0.1, 0.15) is 50.9 Å². The minimum absolute atomic E-state index is 0.369. The summed E-state index contributed by atoms with van der Waals surface area (Å²) in [5, 5.41) is 8.04. The quantitative estimate of drug-likeness (QED) is 0.888. The Kier molecular flexibility index (Phi) is 3.29. The Labute approximate surface area is 115 Å². The smallest absolute Gasteiger partial charge is 0.161 e. The predicted octanol–water partition coefficient (Wildman–Crippen LogP) is 2.78. The molecule has 1 aromatic rings. The van der Waals surface area contributed by atoms with Gasteiger partial charge >= 0.3 is 0 Å². The second-order valence-corrected chi connectivity index (χ2v) is 6.24. The number of fused-ring (bicyclic) bond motifs is 1. The van der Waals surface area contributed by atoms with Gasteiger partial charge in [-0.2, -0.15) is 5.10 Å². The van der Waals surface area contributed by atoms with Crippen LogP contribution in [-0.2, 0) is 0 Å². The van der Waals surface area contributed by atoms with Crippen LogP contribution in [-0.4, -0.2) is 23.9 Å². The molecule has 0 amide bonds. The minimum atomic E-state index is 0.369. The van der Waals surface area contributed by atoms with Gasteiger partial charge < -0.3 is 10.1 Å². The monoisotopic (exact) mass is 263 g/mol. The number of hydrogen-bond acceptors (Lipinski definition) is 3. The fourth-order valence-electron chi connectivity index (χ4n) is 4.10. The van der Waals surface area contributed by atoms with Crippen LogP contribution in [0.25, 0.3) is 0 Å². The highest BCUT2D eigenvalue weighted by molar-refractivity contribution is 5.31. The molecule has 1 N–H and O–H groups in total. The summed E-state index contributed by atoms with van der Waals surface area (Å²) in [5.41, 5.74) is 1.24. The second-order valence-electron chi connectivity index (χ2n) is 6.24. The molecule has 0 bridgehead atoms. The van der Waals surface area contributed by atoms with E-state index < -0.39 is 0 Å². The largest absolute Gasteiger partial charge is 0.493 e. The average Bonchev–Trinajstić information content (AvgIpc) is 2.82. The molecule has 0 saturated heterocycles. The van der Waals surface area contributed by atoms with Gasteiger partial charge in [-0.15, -0.1) is 0 Å². The van der Waals surface area contributed by atoms with Gasteiger partial charge in [-0.1, -0.05) is 6.42 Å². The van der Waals surface area contributed by atoms with Crippen molar-refractivity contribution in [3.63, 3.8) is 0 Å². The van der Waals surface area contributed by atoms with Crippen LogP contribution in [0.15, 0.2) is 6.20 Å². The predicted molar refractivity (Wildman–Crippen MR) is 75.3 cm³/mol. The lowest BCUT2D eigenvalue weighted by Gasteiger charge is -2.22. The van der Waals surface area contributed by atoms with Crippen molar-refractivity contribution in [3.05, 3.63) is 11.9 Å². The summed E-state index contributed by atoms with van der Waals surface area (Å²) >= 11 is 0. The third-order valence-electron chi connectivity index (χ3n) is 4.97. The van der Waals surface area contributed by atoms with Crippen molar-refractivity contribution in [1.82, 2.24) is 15.1 Å². The van der Waals surface area contributed by atoms with Crippen molar-refractivity contribution < 1.29 is 4.74 Å². The third-order valence-corrected chi connectivity index (χ3v) is 4.97. The van der Waals surface area contributed by atoms with E-state index in [-0.39, 0.29) is 0 Å². The van der Waals surface area contributed by atoms with E-state index in [0.717, 1.165) is 23.5 Å². The summed E-state index contributed by atoms with van der Waals surface area (Å²) in [5.74, 6) is 3.57. The molecule has 3 rings (SSSR count). The Morgan fingerprint density at radius 1 is 1.37 bits per heavy atom. The van der Waals surface area contributed by atoms with Gasteiger partial charge in [0.05, 0.1) is 25.0 Å². The second kappa shape index (κ2) is 4.82. The Morgan fingerprint density at radius 3 is 2.58 bits per heavy atom. The molecule has 4 heteroatoms. The SMILES string of the molecule is CNC(c1c(OC)cnn1C(C)C)C1C2CCCC21. The number of ether oxygens (including phenoxy) is 1. The highest BCUT2D eigenvalue weighted by Gasteiger charge is 2.56. The molecular formula is C15H25N3O. The van der Waals surface area contributed by atoms with E-state index in [9.17, 15) is 0 Å². The molecule has 0 spiro atoms. The summed E-state index contributed by atoms with van der Waals surface area (Å²) < 4.78 is 7.65. The molecule has 106 valence electrons. The maximum absolute atomic E-state index is 5.54. The van der Waals surface area contributed by atoms with E-state index in [1.165, 1.54) is 25.0 Å². The van der Waals surface area contributed by atoms with Gasteiger partial charge in [-0.05, 0) is 51.5 Å². The van der Waals surface area contributed by atoms with Crippen molar-refractivity contribution in [3.8, 4) is 5.75 Å². The number of aromatic nitrogens is 2. The zero-order valence-electron chi connectivity index (χ0n) is 12.4. The molecule has 1 heterocycles. The van der Waals surface area contributed by atoms with E-state index in [1.807, 2.05) is 6.20 Å². The van der Waals surface area contributed by atoms with Crippen LogP contribution < -0.4 is 10.1 Å². The summed E-state index contributed by atoms with van der Waals surface area (Å²) in [4.78, 5) is 0. The maximum atomic E-state index is 5.54. The summed E-state index contributed by atoms with van der Waals surface area (Å²) in [6.07, 6.45) is 6.10. The van der Waals surface area contributed by atoms with Crippen LogP contribution in [0.5, 0.6) is 5.75 Å². The van der Waals surface area contributed by atoms with E-state index in [0.29, 0.717) is 12.1 Å². The molecule has 0 aliphatic heterocycles. The first-order valence-corrected chi connectivity index (χ1v) is 7.47. The van der Waals surface area contributed by atoms with Crippen LogP contribution in [0, 0.1) is 17.8 Å². The average molecular weight is 263 g/mol. The molecule has 2 fully saturated rings. The number of rotatable bonds is 5. The van der Waals surface area contributed by atoms with Crippen LogP contribution in [0.3, 0.4) is 0 Å². The normalized spacial score (nSPS) is 30.5. The number of nitrogens with zero attached hydrogens (tertiary/aromatic N) is 2. The third kappa shape index (κ3) is 1.97. The Bertz CT molecular complexity index is 444. The molecule has 0 aromatic carbocycles. The number of methoxy groups -OCH3 is 1. The number of nitrogens with one attached hydrogen (secondary N) is 1. The van der Waals surface area contributed by atoms with Gasteiger partial charge in [0.25, 0.3) is 0 Å². The number of hydrogen-bond donors (Lipinski definition) is 1. The molecule has 3 atom stereocenters. The Morgan fingerprint density at radius 2 is 2.05 bits per heavy atom. The molecule has 2 aliphatic carbocycles. The van der Waals surface area contributed by atoms with Crippen LogP contribution in [0.4, 0.5) is 0 Å². The van der Waals surface area contributed by atoms with Gasteiger partial charge in [0.15, 0.2) is 5.75 Å². The van der Waals surface area contributed by atoms with E-state index in [1.54, 1.807) is 7.11 Å². The molecule has 1 aromatic heterocycles. The molecule has 2 saturated carbocycles. The molecule has 4 nitrogen and oxygen atoms in total. The lowest BCUT2D eigenvalue weighted by Crippen LogP contribution is -2.25. The highest BCUT2D eigenvalue weighted by Crippen LogP contribution is 2.62. The topological polar surface area (TPSA) is 39.1 Å². The fraction of sp³-hybridized carbons (Fsp3) is 0.800. The van der Waals surface area contributed by atoms with Gasteiger partial charge in [0, 0.05) is 6.04 Å². The molecule has 2 aliphatic rings. The summed E-state index contributed by atoms with van der Waals surface area (Å²) in [6, 6.07) is 0.753. The molecular weight excluding hydrogens is 238 g/mol. The zero-order chi connectivity index (χ0) is 13.6. The van der Waals surface area contributed by atoms with E-state index in [2.05, 4.69) is 36.0 Å². The summed E-state index contributed by atoms with van der Waals surface area (Å²) in [7, 11) is 3.81. The molecule has 19 heavy (non-hydrogen) atoms. The standard InChI is InChI=1S/C15H25N3O/c1-9(2)18-15(12(19-4)8-17-18)14(16-3)13-10-6-5-7-11(10)13/h8-11,13-14,16H,5-7H2,1-4H3. The Hall–Kier alpha value is -1.03. The highest BCUT2D eigenvalue weighted by atomic mass is 16.5. The van der Waals surface area contributed by atoms with Gasteiger partial charge in [0.1, 0.15) is 0 Å². The van der Waals surface area contributed by atoms with Crippen LogP contribution in [0.2, 0.25) is 0 Å². The maximum Gasteiger partial charge on any atom is 0.161 e. The first-order valence-electron chi connectivity index (χ1n) is 7.47. The van der Waals surface area contributed by atoms with Crippen molar-refractivity contribution >= 4 is 0 Å². The van der Waals surface area contributed by atoms with Crippen LogP contribution >= 0.6 is 0 Å². The zero-order valence-corrected chi connectivity index (χ0v) is 12.4. The minimum Gasteiger partial charge on any atom is -0.493 e. The lowest BCUT2D eigenvalue weighted by molar-refractivity contribution is 0.361. The fourth-order valence-corrected chi connectivity index (χ4v) is 4.10. The first-order chi connectivity index (χ1) is 9.19. The van der Waals surface area contributed by atoms with Gasteiger partial charge in [-0.3, -0.25) is 4.68 Å². The lowest BCUT2D eigenvalue weighted by atomic mass is 10.0. The van der Waals surface area contributed by atoms with Gasteiger partial charge in [0.2, 0.25) is 0 Å². The first kappa shape index (κ1) is 13.0.